The third-order valence-electron chi connectivity index (χ3n) is 2.80. The van der Waals surface area contributed by atoms with Gasteiger partial charge in [0, 0.05) is 0 Å². The van der Waals surface area contributed by atoms with E-state index in [1.54, 1.807) is 12.1 Å². The van der Waals surface area contributed by atoms with Crippen molar-refractivity contribution in [1.82, 2.24) is 0 Å². The number of hydrogen-bond donors (Lipinski definition) is 0. The van der Waals surface area contributed by atoms with E-state index in [4.69, 9.17) is 24.7 Å². The van der Waals surface area contributed by atoms with Crippen molar-refractivity contribution in [1.29, 1.82) is 15.8 Å². The van der Waals surface area contributed by atoms with E-state index in [1.165, 1.54) is 21.3 Å². The summed E-state index contributed by atoms with van der Waals surface area (Å²) in [6.07, 6.45) is 0. The summed E-state index contributed by atoms with van der Waals surface area (Å²) in [5.74, 6) is -0.823. The van der Waals surface area contributed by atoms with Crippen molar-refractivity contribution >= 4 is 0 Å². The van der Waals surface area contributed by atoms with E-state index in [-0.39, 0.29) is 0 Å². The van der Waals surface area contributed by atoms with Gasteiger partial charge in [0.2, 0.25) is 5.75 Å². The Morgan fingerprint density at radius 2 is 1.35 bits per heavy atom. The van der Waals surface area contributed by atoms with Crippen molar-refractivity contribution in [2.45, 2.75) is 5.92 Å². The molecule has 102 valence electrons. The lowest BCUT2D eigenvalue weighted by molar-refractivity contribution is 0.323. The average Bonchev–Trinajstić information content (AvgIpc) is 2.50. The van der Waals surface area contributed by atoms with E-state index in [9.17, 15) is 5.26 Å². The van der Waals surface area contributed by atoms with E-state index in [0.29, 0.717) is 22.8 Å². The maximum atomic E-state index is 9.20. The molecule has 6 heteroatoms. The highest BCUT2D eigenvalue weighted by Crippen LogP contribution is 2.41. The number of hydrogen-bond acceptors (Lipinski definition) is 6. The Bertz CT molecular complexity index is 569. The molecular formula is C14H13N3O3. The van der Waals surface area contributed by atoms with Crippen molar-refractivity contribution in [2.24, 2.45) is 5.92 Å². The van der Waals surface area contributed by atoms with Gasteiger partial charge < -0.3 is 14.2 Å². The number of ether oxygens (including phenoxy) is 3. The molecule has 0 aliphatic rings. The Hall–Kier alpha value is -2.91. The first-order valence-electron chi connectivity index (χ1n) is 5.65. The zero-order valence-corrected chi connectivity index (χ0v) is 11.4. The number of nitrogens with zero attached hydrogens (tertiary/aromatic N) is 3. The summed E-state index contributed by atoms with van der Waals surface area (Å²) in [7, 11) is 4.37. The van der Waals surface area contributed by atoms with Gasteiger partial charge in [0.25, 0.3) is 0 Å². The van der Waals surface area contributed by atoms with E-state index in [0.717, 1.165) is 0 Å². The lowest BCUT2D eigenvalue weighted by Gasteiger charge is -2.16. The predicted octanol–water partition coefficient (Wildman–Crippen LogP) is 1.98. The van der Waals surface area contributed by atoms with E-state index < -0.39 is 11.8 Å². The molecule has 0 heterocycles. The lowest BCUT2D eigenvalue weighted by atomic mass is 9.88. The fourth-order valence-corrected chi connectivity index (χ4v) is 1.80. The van der Waals surface area contributed by atoms with Crippen LogP contribution in [0.4, 0.5) is 0 Å². The molecule has 0 aliphatic heterocycles. The van der Waals surface area contributed by atoms with Crippen molar-refractivity contribution in [3.63, 3.8) is 0 Å². The van der Waals surface area contributed by atoms with Gasteiger partial charge in [0.05, 0.1) is 39.5 Å². The Labute approximate surface area is 117 Å². The van der Waals surface area contributed by atoms with Gasteiger partial charge in [-0.3, -0.25) is 0 Å². The molecule has 1 unspecified atom stereocenters. The smallest absolute Gasteiger partial charge is 0.203 e. The summed E-state index contributed by atoms with van der Waals surface area (Å²) in [5.41, 5.74) is 0.468. The molecule has 0 spiro atoms. The second-order valence-corrected chi connectivity index (χ2v) is 3.80. The Morgan fingerprint density at radius 3 is 1.65 bits per heavy atom. The van der Waals surface area contributed by atoms with E-state index >= 15 is 0 Å². The van der Waals surface area contributed by atoms with Crippen molar-refractivity contribution < 1.29 is 14.2 Å². The highest BCUT2D eigenvalue weighted by Gasteiger charge is 2.26. The largest absolute Gasteiger partial charge is 0.493 e. The molecule has 1 atom stereocenters. The predicted molar refractivity (Wildman–Crippen MR) is 69.2 cm³/mol. The van der Waals surface area contributed by atoms with Gasteiger partial charge in [-0.2, -0.15) is 15.8 Å². The zero-order chi connectivity index (χ0) is 15.1. The van der Waals surface area contributed by atoms with Crippen LogP contribution >= 0.6 is 0 Å². The minimum atomic E-state index is -1.07. The SMILES string of the molecule is COc1cc(C(C#N)C(C#N)C#N)cc(OC)c1OC. The average molecular weight is 271 g/mol. The minimum absolute atomic E-state index is 0.372. The molecule has 0 amide bonds. The zero-order valence-electron chi connectivity index (χ0n) is 11.4. The number of nitriles is 3. The molecule has 0 radical (unpaired) electrons. The molecule has 0 aromatic heterocycles. The van der Waals surface area contributed by atoms with Crippen LogP contribution in [-0.4, -0.2) is 21.3 Å². The molecule has 0 saturated heterocycles. The summed E-state index contributed by atoms with van der Waals surface area (Å²) in [6.45, 7) is 0. The van der Waals surface area contributed by atoms with Crippen LogP contribution < -0.4 is 14.2 Å². The van der Waals surface area contributed by atoms with Crippen LogP contribution in [0.25, 0.3) is 0 Å². The molecule has 1 aromatic carbocycles. The van der Waals surface area contributed by atoms with Gasteiger partial charge in [-0.25, -0.2) is 0 Å². The summed E-state index contributed by atoms with van der Waals surface area (Å²) in [4.78, 5) is 0. The van der Waals surface area contributed by atoms with Crippen molar-refractivity contribution in [3.05, 3.63) is 17.7 Å². The molecular weight excluding hydrogens is 258 g/mol. The Balaban J connectivity index is 3.43. The quantitative estimate of drug-likeness (QED) is 0.811. The van der Waals surface area contributed by atoms with Crippen LogP contribution in [0.15, 0.2) is 12.1 Å². The van der Waals surface area contributed by atoms with Crippen LogP contribution in [0.3, 0.4) is 0 Å². The second-order valence-electron chi connectivity index (χ2n) is 3.80. The van der Waals surface area contributed by atoms with Crippen LogP contribution in [0, 0.1) is 39.9 Å². The fourth-order valence-electron chi connectivity index (χ4n) is 1.80. The number of rotatable bonds is 5. The van der Waals surface area contributed by atoms with Crippen molar-refractivity contribution in [2.75, 3.05) is 21.3 Å². The molecule has 1 rings (SSSR count). The topological polar surface area (TPSA) is 99.1 Å². The van der Waals surface area contributed by atoms with E-state index in [1.807, 2.05) is 18.2 Å². The molecule has 0 N–H and O–H groups in total. The number of methoxy groups -OCH3 is 3. The van der Waals surface area contributed by atoms with Crippen LogP contribution in [0.1, 0.15) is 11.5 Å². The normalized spacial score (nSPS) is 10.8. The Morgan fingerprint density at radius 1 is 0.850 bits per heavy atom. The first kappa shape index (κ1) is 15.1. The maximum absolute atomic E-state index is 9.20. The van der Waals surface area contributed by atoms with Gasteiger partial charge in [-0.05, 0) is 17.7 Å². The summed E-state index contributed by atoms with van der Waals surface area (Å²) in [6, 6.07) is 8.71. The molecule has 20 heavy (non-hydrogen) atoms. The number of benzene rings is 1. The summed E-state index contributed by atoms with van der Waals surface area (Å²) < 4.78 is 15.5. The van der Waals surface area contributed by atoms with Crippen LogP contribution in [-0.2, 0) is 0 Å². The van der Waals surface area contributed by atoms with Crippen LogP contribution in [0.5, 0.6) is 17.2 Å². The first-order valence-corrected chi connectivity index (χ1v) is 5.65. The molecule has 0 aliphatic carbocycles. The van der Waals surface area contributed by atoms with Crippen molar-refractivity contribution in [3.8, 4) is 35.5 Å². The summed E-state index contributed by atoms with van der Waals surface area (Å²) in [5, 5.41) is 27.1. The molecule has 1 aromatic rings. The maximum Gasteiger partial charge on any atom is 0.203 e. The molecule has 6 nitrogen and oxygen atoms in total. The minimum Gasteiger partial charge on any atom is -0.493 e. The van der Waals surface area contributed by atoms with Gasteiger partial charge in [-0.15, -0.1) is 0 Å². The lowest BCUT2D eigenvalue weighted by Crippen LogP contribution is -2.08. The molecule has 0 fully saturated rings. The van der Waals surface area contributed by atoms with Gasteiger partial charge in [-0.1, -0.05) is 0 Å². The highest BCUT2D eigenvalue weighted by molar-refractivity contribution is 5.55. The van der Waals surface area contributed by atoms with E-state index in [2.05, 4.69) is 0 Å². The second kappa shape index (κ2) is 6.87. The fraction of sp³-hybridized carbons (Fsp3) is 0.357. The van der Waals surface area contributed by atoms with Crippen LogP contribution in [0.2, 0.25) is 0 Å². The third-order valence-corrected chi connectivity index (χ3v) is 2.80. The third kappa shape index (κ3) is 2.74. The summed E-state index contributed by atoms with van der Waals surface area (Å²) >= 11 is 0. The first-order chi connectivity index (χ1) is 9.66. The van der Waals surface area contributed by atoms with Gasteiger partial charge in [0.1, 0.15) is 5.92 Å². The van der Waals surface area contributed by atoms with Gasteiger partial charge >= 0.3 is 0 Å². The standard InChI is InChI=1S/C14H13N3O3/c1-18-12-4-9(5-13(19-2)14(12)20-3)11(8-17)10(6-15)7-16/h4-5,10-11H,1-3H3. The monoisotopic (exact) mass is 271 g/mol. The highest BCUT2D eigenvalue weighted by atomic mass is 16.5. The molecule has 0 bridgehead atoms. The Kier molecular flexibility index (Phi) is 5.21. The van der Waals surface area contributed by atoms with Gasteiger partial charge in [0.15, 0.2) is 17.4 Å². The molecule has 0 saturated carbocycles.